The van der Waals surface area contributed by atoms with Crippen LogP contribution in [-0.2, 0) is 6.61 Å². The largest absolute Gasteiger partial charge is 0.493 e. The maximum atomic E-state index is 5.71. The number of aromatic nitrogens is 1. The van der Waals surface area contributed by atoms with Gasteiger partial charge in [0, 0.05) is 6.20 Å². The van der Waals surface area contributed by atoms with Crippen molar-refractivity contribution in [2.75, 3.05) is 20.0 Å². The smallest absolute Gasteiger partial charge is 0.166 e. The van der Waals surface area contributed by atoms with E-state index in [-0.39, 0.29) is 0 Å². The summed E-state index contributed by atoms with van der Waals surface area (Å²) in [5, 5.41) is 0. The number of nitrogens with zero attached hydrogens (tertiary/aromatic N) is 1. The van der Waals surface area contributed by atoms with E-state index in [1.54, 1.807) is 32.5 Å². The Balaban J connectivity index is 2.10. The fourth-order valence-corrected chi connectivity index (χ4v) is 1.66. The molecule has 1 heterocycles. The molecular weight excluding hydrogens is 244 g/mol. The van der Waals surface area contributed by atoms with Gasteiger partial charge >= 0.3 is 0 Å². The van der Waals surface area contributed by atoms with Gasteiger partial charge in [0.25, 0.3) is 0 Å². The lowest BCUT2D eigenvalue weighted by molar-refractivity contribution is 0.304. The molecule has 0 aliphatic heterocycles. The second-order valence-electron chi connectivity index (χ2n) is 3.86. The van der Waals surface area contributed by atoms with E-state index < -0.39 is 0 Å². The zero-order valence-corrected chi connectivity index (χ0v) is 10.9. The third-order valence-electron chi connectivity index (χ3n) is 2.64. The minimum Gasteiger partial charge on any atom is -0.493 e. The Morgan fingerprint density at radius 2 is 1.84 bits per heavy atom. The second kappa shape index (κ2) is 5.95. The lowest BCUT2D eigenvalue weighted by Gasteiger charge is -2.11. The number of benzene rings is 1. The van der Waals surface area contributed by atoms with Crippen molar-refractivity contribution in [2.24, 2.45) is 0 Å². The molecule has 0 fully saturated rings. The predicted molar refractivity (Wildman–Crippen MR) is 72.5 cm³/mol. The topological polar surface area (TPSA) is 66.6 Å². The number of pyridine rings is 1. The highest BCUT2D eigenvalue weighted by Crippen LogP contribution is 2.28. The summed E-state index contributed by atoms with van der Waals surface area (Å²) < 4.78 is 16.0. The Bertz CT molecular complexity index is 558. The molecule has 0 spiro atoms. The molecule has 0 atom stereocenters. The molecule has 5 nitrogen and oxygen atoms in total. The van der Waals surface area contributed by atoms with Crippen LogP contribution in [0.3, 0.4) is 0 Å². The third-order valence-corrected chi connectivity index (χ3v) is 2.64. The molecule has 0 aliphatic rings. The Kier molecular flexibility index (Phi) is 4.07. The monoisotopic (exact) mass is 260 g/mol. The van der Waals surface area contributed by atoms with E-state index in [1.165, 1.54) is 0 Å². The van der Waals surface area contributed by atoms with Gasteiger partial charge in [-0.15, -0.1) is 0 Å². The number of hydrogen-bond donors (Lipinski definition) is 1. The average molecular weight is 260 g/mol. The van der Waals surface area contributed by atoms with Gasteiger partial charge in [0.15, 0.2) is 23.1 Å². The van der Waals surface area contributed by atoms with Crippen LogP contribution in [0, 0.1) is 0 Å². The maximum Gasteiger partial charge on any atom is 0.166 e. The summed E-state index contributed by atoms with van der Waals surface area (Å²) in [6.45, 7) is 0.385. The molecule has 0 saturated heterocycles. The minimum absolute atomic E-state index is 0.378. The first kappa shape index (κ1) is 13.0. The Morgan fingerprint density at radius 3 is 2.53 bits per heavy atom. The van der Waals surface area contributed by atoms with Gasteiger partial charge in [0.2, 0.25) is 0 Å². The van der Waals surface area contributed by atoms with Crippen LogP contribution in [0.25, 0.3) is 0 Å². The van der Waals surface area contributed by atoms with E-state index in [9.17, 15) is 0 Å². The van der Waals surface area contributed by atoms with Crippen molar-refractivity contribution in [3.8, 4) is 17.2 Å². The number of rotatable bonds is 5. The third kappa shape index (κ3) is 3.07. The average Bonchev–Trinajstić information content (AvgIpc) is 2.46. The highest BCUT2D eigenvalue weighted by atomic mass is 16.5. The lowest BCUT2D eigenvalue weighted by Crippen LogP contribution is -2.00. The van der Waals surface area contributed by atoms with E-state index in [1.807, 2.05) is 18.2 Å². The van der Waals surface area contributed by atoms with Crippen molar-refractivity contribution in [1.82, 2.24) is 4.98 Å². The fraction of sp³-hybridized carbons (Fsp3) is 0.214. The number of methoxy groups -OCH3 is 2. The summed E-state index contributed by atoms with van der Waals surface area (Å²) in [6, 6.07) is 9.17. The maximum absolute atomic E-state index is 5.71. The van der Waals surface area contributed by atoms with Crippen LogP contribution < -0.4 is 19.9 Å². The van der Waals surface area contributed by atoms with Crippen LogP contribution in [0.15, 0.2) is 36.5 Å². The number of nitrogen functional groups attached to an aromatic ring is 1. The molecule has 1 aromatic heterocycles. The van der Waals surface area contributed by atoms with Gasteiger partial charge in [-0.2, -0.15) is 0 Å². The molecular formula is C14H16N2O3. The minimum atomic E-state index is 0.378. The summed E-state index contributed by atoms with van der Waals surface area (Å²) in [6.07, 6.45) is 1.62. The van der Waals surface area contributed by atoms with E-state index in [0.717, 1.165) is 5.56 Å². The van der Waals surface area contributed by atoms with E-state index in [4.69, 9.17) is 19.9 Å². The van der Waals surface area contributed by atoms with E-state index in [2.05, 4.69) is 4.98 Å². The zero-order chi connectivity index (χ0) is 13.7. The summed E-state index contributed by atoms with van der Waals surface area (Å²) in [5.41, 5.74) is 6.66. The quantitative estimate of drug-likeness (QED) is 0.893. The summed E-state index contributed by atoms with van der Waals surface area (Å²) in [4.78, 5) is 3.96. The Morgan fingerprint density at radius 1 is 1.05 bits per heavy atom. The van der Waals surface area contributed by atoms with Gasteiger partial charge in [0.05, 0.1) is 14.2 Å². The summed E-state index contributed by atoms with van der Waals surface area (Å²) >= 11 is 0. The molecule has 0 radical (unpaired) electrons. The molecule has 0 bridgehead atoms. The van der Waals surface area contributed by atoms with Crippen LogP contribution in [0.1, 0.15) is 5.56 Å². The van der Waals surface area contributed by atoms with Gasteiger partial charge in [-0.1, -0.05) is 6.07 Å². The molecule has 0 aliphatic carbocycles. The fourth-order valence-electron chi connectivity index (χ4n) is 1.66. The summed E-state index contributed by atoms with van der Waals surface area (Å²) in [7, 11) is 3.20. The second-order valence-corrected chi connectivity index (χ2v) is 3.86. The number of hydrogen-bond acceptors (Lipinski definition) is 5. The van der Waals surface area contributed by atoms with Crippen molar-refractivity contribution in [2.45, 2.75) is 6.61 Å². The first-order valence-electron chi connectivity index (χ1n) is 5.78. The molecule has 1 aromatic carbocycles. The predicted octanol–water partition coefficient (Wildman–Crippen LogP) is 2.26. The van der Waals surface area contributed by atoms with E-state index in [0.29, 0.717) is 29.7 Å². The highest BCUT2D eigenvalue weighted by molar-refractivity contribution is 5.45. The molecule has 19 heavy (non-hydrogen) atoms. The van der Waals surface area contributed by atoms with Crippen molar-refractivity contribution < 1.29 is 14.2 Å². The van der Waals surface area contributed by atoms with Gasteiger partial charge < -0.3 is 19.9 Å². The first-order chi connectivity index (χ1) is 9.24. The molecule has 0 unspecified atom stereocenters. The SMILES string of the molecule is COc1ccc(COc2cccnc2N)cc1OC. The lowest BCUT2D eigenvalue weighted by atomic mass is 10.2. The van der Waals surface area contributed by atoms with Crippen LogP contribution in [0.2, 0.25) is 0 Å². The molecule has 5 heteroatoms. The van der Waals surface area contributed by atoms with Crippen LogP contribution >= 0.6 is 0 Å². The number of anilines is 1. The molecule has 100 valence electrons. The first-order valence-corrected chi connectivity index (χ1v) is 5.78. The van der Waals surface area contributed by atoms with Gasteiger partial charge in [-0.25, -0.2) is 4.98 Å². The van der Waals surface area contributed by atoms with Crippen LogP contribution in [0.5, 0.6) is 17.2 Å². The molecule has 0 amide bonds. The molecule has 2 N–H and O–H groups in total. The number of ether oxygens (including phenoxy) is 3. The van der Waals surface area contributed by atoms with Crippen molar-refractivity contribution in [1.29, 1.82) is 0 Å². The van der Waals surface area contributed by atoms with Crippen LogP contribution in [0.4, 0.5) is 5.82 Å². The van der Waals surface area contributed by atoms with Gasteiger partial charge in [-0.3, -0.25) is 0 Å². The van der Waals surface area contributed by atoms with Gasteiger partial charge in [0.1, 0.15) is 6.61 Å². The van der Waals surface area contributed by atoms with Crippen LogP contribution in [-0.4, -0.2) is 19.2 Å². The Labute approximate surface area is 111 Å². The summed E-state index contributed by atoms with van der Waals surface area (Å²) in [5.74, 6) is 2.30. The molecule has 2 aromatic rings. The van der Waals surface area contributed by atoms with E-state index >= 15 is 0 Å². The van der Waals surface area contributed by atoms with Crippen molar-refractivity contribution in [3.05, 3.63) is 42.1 Å². The normalized spacial score (nSPS) is 10.0. The van der Waals surface area contributed by atoms with Crippen molar-refractivity contribution >= 4 is 5.82 Å². The number of nitrogens with two attached hydrogens (primary N) is 1. The van der Waals surface area contributed by atoms with Crippen molar-refractivity contribution in [3.63, 3.8) is 0 Å². The zero-order valence-electron chi connectivity index (χ0n) is 10.9. The highest BCUT2D eigenvalue weighted by Gasteiger charge is 2.06. The standard InChI is InChI=1S/C14H16N2O3/c1-17-11-6-5-10(8-13(11)18-2)9-19-12-4-3-7-16-14(12)15/h3-8H,9H2,1-2H3,(H2,15,16). The van der Waals surface area contributed by atoms with Gasteiger partial charge in [-0.05, 0) is 29.8 Å². The molecule has 0 saturated carbocycles. The Hall–Kier alpha value is -2.43. The molecule has 2 rings (SSSR count).